The summed E-state index contributed by atoms with van der Waals surface area (Å²) in [6.45, 7) is 3.23. The highest BCUT2D eigenvalue weighted by molar-refractivity contribution is 6.22. The van der Waals surface area contributed by atoms with Crippen LogP contribution in [0, 0.1) is 18.8 Å². The Hall–Kier alpha value is -1.68. The lowest BCUT2D eigenvalue weighted by atomic mass is 10.00. The van der Waals surface area contributed by atoms with E-state index in [2.05, 4.69) is 5.32 Å². The molecule has 17 heavy (non-hydrogen) atoms. The second-order valence-corrected chi connectivity index (χ2v) is 4.72. The highest BCUT2D eigenvalue weighted by atomic mass is 16.2. The zero-order valence-corrected chi connectivity index (χ0v) is 9.64. The van der Waals surface area contributed by atoms with E-state index in [1.54, 1.807) is 0 Å². The van der Waals surface area contributed by atoms with Gasteiger partial charge in [-0.2, -0.15) is 0 Å². The van der Waals surface area contributed by atoms with E-state index in [0.717, 1.165) is 5.56 Å². The predicted molar refractivity (Wildman–Crippen MR) is 63.5 cm³/mol. The third-order valence-corrected chi connectivity index (χ3v) is 3.58. The molecule has 0 aliphatic carbocycles. The molecular weight excluding hydrogens is 216 g/mol. The van der Waals surface area contributed by atoms with Gasteiger partial charge in [0.05, 0.1) is 17.5 Å². The Bertz CT molecular complexity index is 459. The molecule has 2 fully saturated rings. The third-order valence-electron chi connectivity index (χ3n) is 3.58. The molecule has 4 nitrogen and oxygen atoms in total. The summed E-state index contributed by atoms with van der Waals surface area (Å²) in [6.07, 6.45) is 0. The minimum absolute atomic E-state index is 0.0612. The van der Waals surface area contributed by atoms with Crippen LogP contribution < -0.4 is 10.2 Å². The fraction of sp³-hybridized carbons (Fsp3) is 0.385. The zero-order valence-electron chi connectivity index (χ0n) is 9.64. The molecule has 4 heteroatoms. The zero-order chi connectivity index (χ0) is 12.0. The minimum atomic E-state index is -0.163. The van der Waals surface area contributed by atoms with Gasteiger partial charge in [0.25, 0.3) is 0 Å². The first-order chi connectivity index (χ1) is 8.18. The summed E-state index contributed by atoms with van der Waals surface area (Å²) < 4.78 is 0. The van der Waals surface area contributed by atoms with Gasteiger partial charge in [0.1, 0.15) is 0 Å². The summed E-state index contributed by atoms with van der Waals surface area (Å²) in [7, 11) is 0. The molecule has 1 aromatic carbocycles. The summed E-state index contributed by atoms with van der Waals surface area (Å²) >= 11 is 0. The molecule has 1 aromatic rings. The molecule has 0 unspecified atom stereocenters. The van der Waals surface area contributed by atoms with Crippen molar-refractivity contribution < 1.29 is 9.59 Å². The Balaban J connectivity index is 1.96. The highest BCUT2D eigenvalue weighted by Gasteiger charge is 2.50. The maximum Gasteiger partial charge on any atom is 0.239 e. The average molecular weight is 230 g/mol. The Kier molecular flexibility index (Phi) is 2.26. The summed E-state index contributed by atoms with van der Waals surface area (Å²) in [6, 6.07) is 7.50. The molecule has 1 N–H and O–H groups in total. The molecule has 2 atom stereocenters. The molecule has 2 aliphatic heterocycles. The van der Waals surface area contributed by atoms with E-state index in [1.807, 2.05) is 31.2 Å². The number of imide groups is 1. The SMILES string of the molecule is Cc1ccc(N2C(=O)[C@@H]3CNC[C@H]3C2=O)cc1. The average Bonchev–Trinajstić information content (AvgIpc) is 2.87. The number of fused-ring (bicyclic) bond motifs is 1. The first kappa shape index (κ1) is 10.5. The van der Waals surface area contributed by atoms with E-state index in [9.17, 15) is 9.59 Å². The summed E-state index contributed by atoms with van der Waals surface area (Å²) in [5.41, 5.74) is 1.81. The fourth-order valence-corrected chi connectivity index (χ4v) is 2.59. The predicted octanol–water partition coefficient (Wildman–Crippen LogP) is 0.704. The van der Waals surface area contributed by atoms with Crippen LogP contribution in [0.5, 0.6) is 0 Å². The van der Waals surface area contributed by atoms with Gasteiger partial charge in [-0.25, -0.2) is 4.90 Å². The Morgan fingerprint density at radius 1 is 1.06 bits per heavy atom. The number of hydrogen-bond acceptors (Lipinski definition) is 3. The molecule has 2 aliphatic rings. The largest absolute Gasteiger partial charge is 0.315 e. The van der Waals surface area contributed by atoms with Crippen LogP contribution in [0.15, 0.2) is 24.3 Å². The van der Waals surface area contributed by atoms with Gasteiger partial charge in [-0.05, 0) is 19.1 Å². The van der Waals surface area contributed by atoms with Crippen molar-refractivity contribution in [1.82, 2.24) is 5.32 Å². The van der Waals surface area contributed by atoms with Crippen molar-refractivity contribution in [3.8, 4) is 0 Å². The van der Waals surface area contributed by atoms with Gasteiger partial charge in [-0.15, -0.1) is 0 Å². The van der Waals surface area contributed by atoms with Crippen molar-refractivity contribution in [3.05, 3.63) is 29.8 Å². The molecule has 3 rings (SSSR count). The number of aryl methyl sites for hydroxylation is 1. The lowest BCUT2D eigenvalue weighted by Crippen LogP contribution is -2.34. The van der Waals surface area contributed by atoms with E-state index in [0.29, 0.717) is 18.8 Å². The van der Waals surface area contributed by atoms with Crippen molar-refractivity contribution in [2.45, 2.75) is 6.92 Å². The maximum absolute atomic E-state index is 12.1. The second kappa shape index (κ2) is 3.67. The second-order valence-electron chi connectivity index (χ2n) is 4.72. The lowest BCUT2D eigenvalue weighted by Gasteiger charge is -2.16. The number of carbonyl (C=O) groups excluding carboxylic acids is 2. The normalized spacial score (nSPS) is 27.7. The van der Waals surface area contributed by atoms with Crippen molar-refractivity contribution in [2.75, 3.05) is 18.0 Å². The van der Waals surface area contributed by atoms with E-state index < -0.39 is 0 Å². The van der Waals surface area contributed by atoms with Crippen LogP contribution in [0.3, 0.4) is 0 Å². The number of carbonyl (C=O) groups is 2. The quantitative estimate of drug-likeness (QED) is 0.723. The Labute approximate surface area is 99.6 Å². The molecular formula is C13H14N2O2. The molecule has 0 spiro atoms. The standard InChI is InChI=1S/C13H14N2O2/c1-8-2-4-9(5-3-8)15-12(16)10-6-14-7-11(10)13(15)17/h2-5,10-11,14H,6-7H2,1H3/t10-,11-/m1/s1. The van der Waals surface area contributed by atoms with Crippen LogP contribution in [0.25, 0.3) is 0 Å². The lowest BCUT2D eigenvalue weighted by molar-refractivity contribution is -0.122. The maximum atomic E-state index is 12.1. The van der Waals surface area contributed by atoms with Gasteiger partial charge in [0.15, 0.2) is 0 Å². The first-order valence-electron chi connectivity index (χ1n) is 5.83. The van der Waals surface area contributed by atoms with Gasteiger partial charge < -0.3 is 5.32 Å². The van der Waals surface area contributed by atoms with Gasteiger partial charge >= 0.3 is 0 Å². The summed E-state index contributed by atoms with van der Waals surface area (Å²) in [5.74, 6) is -0.449. The number of benzene rings is 1. The van der Waals surface area contributed by atoms with Crippen LogP contribution in [0.1, 0.15) is 5.56 Å². The molecule has 2 heterocycles. The van der Waals surface area contributed by atoms with Crippen molar-refractivity contribution in [2.24, 2.45) is 11.8 Å². The Morgan fingerprint density at radius 3 is 2.12 bits per heavy atom. The van der Waals surface area contributed by atoms with Crippen molar-refractivity contribution >= 4 is 17.5 Å². The van der Waals surface area contributed by atoms with E-state index in [4.69, 9.17) is 0 Å². The molecule has 0 saturated carbocycles. The first-order valence-corrected chi connectivity index (χ1v) is 5.83. The van der Waals surface area contributed by atoms with E-state index >= 15 is 0 Å². The number of hydrogen-bond donors (Lipinski definition) is 1. The highest BCUT2D eigenvalue weighted by Crippen LogP contribution is 2.32. The summed E-state index contributed by atoms with van der Waals surface area (Å²) in [5, 5.41) is 3.10. The van der Waals surface area contributed by atoms with Crippen molar-refractivity contribution in [3.63, 3.8) is 0 Å². The minimum Gasteiger partial charge on any atom is -0.315 e. The van der Waals surface area contributed by atoms with Crippen LogP contribution in [0.4, 0.5) is 5.69 Å². The molecule has 88 valence electrons. The van der Waals surface area contributed by atoms with Gasteiger partial charge in [-0.1, -0.05) is 17.7 Å². The molecule has 0 bridgehead atoms. The smallest absolute Gasteiger partial charge is 0.239 e. The molecule has 0 aromatic heterocycles. The molecule has 0 radical (unpaired) electrons. The number of amides is 2. The number of anilines is 1. The number of nitrogens with zero attached hydrogens (tertiary/aromatic N) is 1. The van der Waals surface area contributed by atoms with E-state index in [-0.39, 0.29) is 23.7 Å². The third kappa shape index (κ3) is 1.48. The number of nitrogens with one attached hydrogen (secondary N) is 1. The molecule has 2 saturated heterocycles. The number of rotatable bonds is 1. The topological polar surface area (TPSA) is 49.4 Å². The molecule has 2 amide bonds. The van der Waals surface area contributed by atoms with Crippen LogP contribution >= 0.6 is 0 Å². The Morgan fingerprint density at radius 2 is 1.59 bits per heavy atom. The fourth-order valence-electron chi connectivity index (χ4n) is 2.59. The van der Waals surface area contributed by atoms with Crippen molar-refractivity contribution in [1.29, 1.82) is 0 Å². The van der Waals surface area contributed by atoms with Gasteiger partial charge in [0.2, 0.25) is 11.8 Å². The van der Waals surface area contributed by atoms with E-state index in [1.165, 1.54) is 4.90 Å². The van der Waals surface area contributed by atoms with Crippen LogP contribution in [0.2, 0.25) is 0 Å². The van der Waals surface area contributed by atoms with Gasteiger partial charge in [-0.3, -0.25) is 9.59 Å². The van der Waals surface area contributed by atoms with Gasteiger partial charge in [0, 0.05) is 13.1 Å². The van der Waals surface area contributed by atoms with Crippen LogP contribution in [-0.2, 0) is 9.59 Å². The summed E-state index contributed by atoms with van der Waals surface area (Å²) in [4.78, 5) is 25.6. The monoisotopic (exact) mass is 230 g/mol. The van der Waals surface area contributed by atoms with Crippen LogP contribution in [-0.4, -0.2) is 24.9 Å².